The van der Waals surface area contributed by atoms with Gasteiger partial charge in [0.1, 0.15) is 0 Å². The maximum atomic E-state index is 11.7. The maximum absolute atomic E-state index is 11.7. The number of hydrogen-bond acceptors (Lipinski definition) is 5. The van der Waals surface area contributed by atoms with Crippen LogP contribution in [0, 0.1) is 20.8 Å². The number of aryl methyl sites for hydroxylation is 2. The van der Waals surface area contributed by atoms with Gasteiger partial charge in [-0.05, 0) is 51.0 Å². The lowest BCUT2D eigenvalue weighted by Crippen LogP contribution is -2.24. The van der Waals surface area contributed by atoms with Crippen molar-refractivity contribution in [3.63, 3.8) is 0 Å². The lowest BCUT2D eigenvalue weighted by Gasteiger charge is -2.11. The summed E-state index contributed by atoms with van der Waals surface area (Å²) in [6.45, 7) is 5.81. The Morgan fingerprint density at radius 2 is 2.07 bits per heavy atom. The molecular formula is C18H23N5O2S2. The zero-order valence-corrected chi connectivity index (χ0v) is 17.2. The minimum absolute atomic E-state index is 0.104. The van der Waals surface area contributed by atoms with E-state index in [0.717, 1.165) is 28.2 Å². The molecule has 1 aliphatic heterocycles. The molecule has 0 saturated carbocycles. The number of rotatable bonds is 4. The predicted molar refractivity (Wildman–Crippen MR) is 112 cm³/mol. The van der Waals surface area contributed by atoms with Crippen molar-refractivity contribution in [2.24, 2.45) is 5.10 Å². The first-order chi connectivity index (χ1) is 12.8. The molecule has 0 radical (unpaired) electrons. The minimum Gasteiger partial charge on any atom is -0.331 e. The van der Waals surface area contributed by atoms with Gasteiger partial charge in [0.05, 0.1) is 29.5 Å². The lowest BCUT2D eigenvalue weighted by molar-refractivity contribution is 0.486. The first-order valence-corrected chi connectivity index (χ1v) is 10.9. The van der Waals surface area contributed by atoms with Crippen LogP contribution in [0.2, 0.25) is 0 Å². The molecular weight excluding hydrogens is 382 g/mol. The van der Waals surface area contributed by atoms with E-state index in [1.165, 1.54) is 0 Å². The maximum Gasteiger partial charge on any atom is 0.191 e. The molecule has 1 aromatic heterocycles. The van der Waals surface area contributed by atoms with Gasteiger partial charge in [-0.25, -0.2) is 8.42 Å². The fourth-order valence-electron chi connectivity index (χ4n) is 3.21. The third-order valence-corrected chi connectivity index (χ3v) is 6.63. The van der Waals surface area contributed by atoms with E-state index >= 15 is 0 Å². The van der Waals surface area contributed by atoms with E-state index in [9.17, 15) is 8.42 Å². The van der Waals surface area contributed by atoms with E-state index < -0.39 is 9.84 Å². The molecule has 0 spiro atoms. The summed E-state index contributed by atoms with van der Waals surface area (Å²) in [6, 6.07) is 7.74. The Balaban J connectivity index is 1.67. The molecule has 1 atom stereocenters. The van der Waals surface area contributed by atoms with Crippen LogP contribution in [0.25, 0.3) is 0 Å². The number of hydrazone groups is 1. The standard InChI is InChI=1S/C18H23N5O2S2/c1-12-6-4-5-7-17(12)20-18(26)21-19-10-16-13(2)22-23(14(16)3)15-8-9-27(24,25)11-15/h4-7,10,15H,8-9,11H2,1-3H3,(H2,20,21,26)/b19-10-/t15-/m1/s1. The fraction of sp³-hybridized carbons (Fsp3) is 0.389. The van der Waals surface area contributed by atoms with Crippen LogP contribution in [0.5, 0.6) is 0 Å². The Hall–Kier alpha value is -2.26. The van der Waals surface area contributed by atoms with Crippen LogP contribution in [0.1, 0.15) is 35.0 Å². The highest BCUT2D eigenvalue weighted by Gasteiger charge is 2.31. The van der Waals surface area contributed by atoms with Crippen LogP contribution < -0.4 is 10.7 Å². The number of thiocarbonyl (C=S) groups is 1. The zero-order valence-electron chi connectivity index (χ0n) is 15.6. The quantitative estimate of drug-likeness (QED) is 0.462. The molecule has 0 bridgehead atoms. The summed E-state index contributed by atoms with van der Waals surface area (Å²) in [7, 11) is -2.96. The Kier molecular flexibility index (Phi) is 5.61. The fourth-order valence-corrected chi connectivity index (χ4v) is 5.06. The molecule has 0 aliphatic carbocycles. The Morgan fingerprint density at radius 3 is 2.74 bits per heavy atom. The molecule has 1 aliphatic rings. The second kappa shape index (κ2) is 7.77. The predicted octanol–water partition coefficient (Wildman–Crippen LogP) is 2.49. The van der Waals surface area contributed by atoms with Gasteiger partial charge in [0.15, 0.2) is 14.9 Å². The Bertz CT molecular complexity index is 995. The number of nitrogens with one attached hydrogen (secondary N) is 2. The summed E-state index contributed by atoms with van der Waals surface area (Å²) in [5, 5.41) is 12.2. The molecule has 144 valence electrons. The topological polar surface area (TPSA) is 88.4 Å². The third kappa shape index (κ3) is 4.54. The molecule has 0 unspecified atom stereocenters. The van der Waals surface area contributed by atoms with Crippen LogP contribution in [-0.4, -0.2) is 41.0 Å². The highest BCUT2D eigenvalue weighted by atomic mass is 32.2. The minimum atomic E-state index is -2.96. The van der Waals surface area contributed by atoms with Gasteiger partial charge >= 0.3 is 0 Å². The second-order valence-corrected chi connectivity index (χ2v) is 9.36. The van der Waals surface area contributed by atoms with Crippen molar-refractivity contribution in [3.05, 3.63) is 46.8 Å². The van der Waals surface area contributed by atoms with Crippen molar-refractivity contribution in [1.29, 1.82) is 0 Å². The molecule has 3 rings (SSSR count). The number of para-hydroxylation sites is 1. The average Bonchev–Trinajstić information content (AvgIpc) is 3.10. The number of benzene rings is 1. The van der Waals surface area contributed by atoms with Crippen LogP contribution >= 0.6 is 12.2 Å². The van der Waals surface area contributed by atoms with E-state index in [4.69, 9.17) is 12.2 Å². The van der Waals surface area contributed by atoms with Crippen molar-refractivity contribution in [2.75, 3.05) is 16.8 Å². The molecule has 1 fully saturated rings. The molecule has 27 heavy (non-hydrogen) atoms. The number of nitrogens with zero attached hydrogens (tertiary/aromatic N) is 3. The first kappa shape index (κ1) is 19.5. The van der Waals surface area contributed by atoms with Crippen LogP contribution in [0.4, 0.5) is 5.69 Å². The molecule has 1 aromatic carbocycles. The highest BCUT2D eigenvalue weighted by Crippen LogP contribution is 2.26. The number of hydrogen-bond donors (Lipinski definition) is 2. The van der Waals surface area contributed by atoms with E-state index in [1.807, 2.05) is 49.7 Å². The molecule has 2 N–H and O–H groups in total. The van der Waals surface area contributed by atoms with Crippen LogP contribution in [0.15, 0.2) is 29.4 Å². The number of aromatic nitrogens is 2. The van der Waals surface area contributed by atoms with Crippen molar-refractivity contribution in [3.8, 4) is 0 Å². The smallest absolute Gasteiger partial charge is 0.191 e. The van der Waals surface area contributed by atoms with Crippen LogP contribution in [0.3, 0.4) is 0 Å². The summed E-state index contributed by atoms with van der Waals surface area (Å²) >= 11 is 5.27. The SMILES string of the molecule is Cc1ccccc1NC(=S)N/N=C\c1c(C)nn([C@@H]2CCS(=O)(=O)C2)c1C. The normalized spacial score (nSPS) is 18.7. The summed E-state index contributed by atoms with van der Waals surface area (Å²) in [6.07, 6.45) is 2.27. The molecule has 9 heteroatoms. The van der Waals surface area contributed by atoms with Gasteiger partial charge in [-0.1, -0.05) is 18.2 Å². The van der Waals surface area contributed by atoms with Crippen molar-refractivity contribution in [1.82, 2.24) is 15.2 Å². The molecule has 2 aromatic rings. The van der Waals surface area contributed by atoms with Crippen LogP contribution in [-0.2, 0) is 9.84 Å². The monoisotopic (exact) mass is 405 g/mol. The van der Waals surface area contributed by atoms with E-state index in [-0.39, 0.29) is 17.5 Å². The largest absolute Gasteiger partial charge is 0.331 e. The van der Waals surface area contributed by atoms with Crippen molar-refractivity contribution >= 4 is 39.1 Å². The molecule has 2 heterocycles. The van der Waals surface area contributed by atoms with Gasteiger partial charge in [-0.3, -0.25) is 10.1 Å². The summed E-state index contributed by atoms with van der Waals surface area (Å²) in [5.74, 6) is 0.369. The molecule has 7 nitrogen and oxygen atoms in total. The van der Waals surface area contributed by atoms with E-state index in [0.29, 0.717) is 11.5 Å². The van der Waals surface area contributed by atoms with Gasteiger partial charge in [-0.15, -0.1) is 0 Å². The third-order valence-electron chi connectivity index (χ3n) is 4.69. The van der Waals surface area contributed by atoms with Gasteiger partial charge in [-0.2, -0.15) is 10.2 Å². The zero-order chi connectivity index (χ0) is 19.6. The van der Waals surface area contributed by atoms with Gasteiger partial charge in [0, 0.05) is 16.9 Å². The van der Waals surface area contributed by atoms with Crippen molar-refractivity contribution in [2.45, 2.75) is 33.2 Å². The highest BCUT2D eigenvalue weighted by molar-refractivity contribution is 7.91. The van der Waals surface area contributed by atoms with Gasteiger partial charge in [0.25, 0.3) is 0 Å². The van der Waals surface area contributed by atoms with E-state index in [2.05, 4.69) is 20.9 Å². The lowest BCUT2D eigenvalue weighted by atomic mass is 10.2. The first-order valence-electron chi connectivity index (χ1n) is 8.68. The van der Waals surface area contributed by atoms with Crippen molar-refractivity contribution < 1.29 is 8.42 Å². The number of sulfone groups is 1. The molecule has 1 saturated heterocycles. The average molecular weight is 406 g/mol. The van der Waals surface area contributed by atoms with Gasteiger partial charge in [0.2, 0.25) is 0 Å². The molecule has 0 amide bonds. The van der Waals surface area contributed by atoms with E-state index in [1.54, 1.807) is 6.21 Å². The van der Waals surface area contributed by atoms with Gasteiger partial charge < -0.3 is 5.32 Å². The summed E-state index contributed by atoms with van der Waals surface area (Å²) in [4.78, 5) is 0. The summed E-state index contributed by atoms with van der Waals surface area (Å²) in [5.41, 5.74) is 7.39. The Labute approximate surface area is 164 Å². The number of anilines is 1. The second-order valence-electron chi connectivity index (χ2n) is 6.72. The Morgan fingerprint density at radius 1 is 1.33 bits per heavy atom. The summed E-state index contributed by atoms with van der Waals surface area (Å²) < 4.78 is 25.3.